The van der Waals surface area contributed by atoms with Crippen LogP contribution < -0.4 is 9.47 Å². The van der Waals surface area contributed by atoms with Crippen LogP contribution in [0.3, 0.4) is 0 Å². The van der Waals surface area contributed by atoms with Crippen molar-refractivity contribution in [1.29, 1.82) is 0 Å². The summed E-state index contributed by atoms with van der Waals surface area (Å²) in [4.78, 5) is 11.0. The molecule has 0 aliphatic carbocycles. The molecule has 5 nitrogen and oxygen atoms in total. The molecule has 1 aromatic heterocycles. The van der Waals surface area contributed by atoms with Gasteiger partial charge in [-0.05, 0) is 30.3 Å². The second-order valence-electron chi connectivity index (χ2n) is 4.79. The van der Waals surface area contributed by atoms with Gasteiger partial charge in [0.15, 0.2) is 0 Å². The van der Waals surface area contributed by atoms with Crippen molar-refractivity contribution in [2.24, 2.45) is 0 Å². The Kier molecular flexibility index (Phi) is 3.92. The molecule has 0 saturated carbocycles. The number of aromatic nitrogens is 2. The zero-order chi connectivity index (χ0) is 16.6. The molecule has 0 aliphatic rings. The Labute approximate surface area is 136 Å². The number of nitrogens with zero attached hydrogens (tertiary/aromatic N) is 2. The highest BCUT2D eigenvalue weighted by Gasteiger charge is 2.16. The molecule has 0 fully saturated rings. The number of carbonyl (C=O) groups is 1. The Hall–Kier alpha value is -2.60. The lowest BCUT2D eigenvalue weighted by Gasteiger charge is -2.06. The van der Waals surface area contributed by atoms with Crippen LogP contribution in [0, 0.1) is 5.95 Å². The van der Waals surface area contributed by atoms with Gasteiger partial charge in [0.25, 0.3) is 0 Å². The van der Waals surface area contributed by atoms with Crippen LogP contribution in [0.4, 0.5) is 4.39 Å². The number of esters is 1. The molecule has 23 heavy (non-hydrogen) atoms. The topological polar surface area (TPSA) is 53.4 Å². The highest BCUT2D eigenvalue weighted by molar-refractivity contribution is 6.32. The lowest BCUT2D eigenvalue weighted by molar-refractivity contribution is -0.131. The van der Waals surface area contributed by atoms with Gasteiger partial charge in [0, 0.05) is 13.0 Å². The van der Waals surface area contributed by atoms with Crippen molar-refractivity contribution in [3.8, 4) is 17.2 Å². The van der Waals surface area contributed by atoms with E-state index in [4.69, 9.17) is 21.1 Å². The Bertz CT molecular complexity index is 908. The van der Waals surface area contributed by atoms with Crippen LogP contribution in [-0.4, -0.2) is 22.9 Å². The summed E-state index contributed by atoms with van der Waals surface area (Å²) in [6.45, 7) is 1.28. The molecule has 7 heteroatoms. The van der Waals surface area contributed by atoms with Gasteiger partial charge in [0.05, 0.1) is 28.7 Å². The molecule has 3 aromatic rings. The molecule has 2 aromatic carbocycles. The number of methoxy groups -OCH3 is 1. The predicted octanol–water partition coefficient (Wildman–Crippen LogP) is 3.75. The first-order chi connectivity index (χ1) is 11.0. The number of halogens is 2. The van der Waals surface area contributed by atoms with Gasteiger partial charge in [0.2, 0.25) is 5.95 Å². The molecule has 0 spiro atoms. The summed E-state index contributed by atoms with van der Waals surface area (Å²) in [6.07, 6.45) is 0. The molecule has 0 saturated heterocycles. The minimum absolute atomic E-state index is 0.232. The van der Waals surface area contributed by atoms with E-state index < -0.39 is 11.9 Å². The van der Waals surface area contributed by atoms with Gasteiger partial charge in [0.1, 0.15) is 11.5 Å². The Morgan fingerprint density at radius 2 is 1.96 bits per heavy atom. The first-order valence-electron chi connectivity index (χ1n) is 6.70. The summed E-state index contributed by atoms with van der Waals surface area (Å²) in [5, 5.41) is 4.73. The Morgan fingerprint density at radius 1 is 1.22 bits per heavy atom. The molecular weight excluding hydrogens is 323 g/mol. The van der Waals surface area contributed by atoms with Gasteiger partial charge < -0.3 is 9.47 Å². The highest BCUT2D eigenvalue weighted by atomic mass is 35.5. The minimum atomic E-state index is -0.596. The fraction of sp³-hybridized carbons (Fsp3) is 0.125. The van der Waals surface area contributed by atoms with E-state index in [1.165, 1.54) is 20.1 Å². The van der Waals surface area contributed by atoms with Gasteiger partial charge in [-0.3, -0.25) is 4.79 Å². The fourth-order valence-electron chi connectivity index (χ4n) is 2.21. The summed E-state index contributed by atoms with van der Waals surface area (Å²) in [6, 6.07) is 9.40. The number of carbonyl (C=O) groups excluding carboxylic acids is 1. The third-order valence-corrected chi connectivity index (χ3v) is 3.53. The molecule has 1 heterocycles. The van der Waals surface area contributed by atoms with E-state index in [1.54, 1.807) is 30.3 Å². The van der Waals surface area contributed by atoms with Gasteiger partial charge in [-0.2, -0.15) is 9.49 Å². The summed E-state index contributed by atoms with van der Waals surface area (Å²) in [7, 11) is 1.52. The summed E-state index contributed by atoms with van der Waals surface area (Å²) in [5.41, 5.74) is 0.806. The third-order valence-electron chi connectivity index (χ3n) is 3.23. The van der Waals surface area contributed by atoms with Crippen molar-refractivity contribution in [2.75, 3.05) is 7.11 Å². The van der Waals surface area contributed by atoms with Crippen molar-refractivity contribution in [3.05, 3.63) is 47.4 Å². The lowest BCUT2D eigenvalue weighted by Crippen LogP contribution is -2.01. The smallest absolute Gasteiger partial charge is 0.308 e. The molecular formula is C16H12ClFN2O3. The maximum atomic E-state index is 14.7. The maximum Gasteiger partial charge on any atom is 0.308 e. The van der Waals surface area contributed by atoms with Crippen LogP contribution in [0.1, 0.15) is 6.92 Å². The SMILES string of the molecule is COc1ccc(-n2nc3ccc(OC(C)=O)cc3c2F)c(Cl)c1. The Balaban J connectivity index is 2.12. The van der Waals surface area contributed by atoms with Crippen LogP contribution in [0.15, 0.2) is 36.4 Å². The molecule has 0 aliphatic heterocycles. The third kappa shape index (κ3) is 2.85. The highest BCUT2D eigenvalue weighted by Crippen LogP contribution is 2.29. The van der Waals surface area contributed by atoms with Crippen molar-refractivity contribution in [2.45, 2.75) is 6.92 Å². The first-order valence-corrected chi connectivity index (χ1v) is 7.08. The first kappa shape index (κ1) is 15.3. The van der Waals surface area contributed by atoms with Crippen LogP contribution in [0.2, 0.25) is 5.02 Å². The zero-order valence-corrected chi connectivity index (χ0v) is 13.1. The second-order valence-corrected chi connectivity index (χ2v) is 5.20. The summed E-state index contributed by atoms with van der Waals surface area (Å²) < 4.78 is 25.8. The molecule has 3 rings (SSSR count). The van der Waals surface area contributed by atoms with E-state index in [1.807, 2.05) is 0 Å². The van der Waals surface area contributed by atoms with E-state index in [0.717, 1.165) is 4.68 Å². The van der Waals surface area contributed by atoms with Gasteiger partial charge in [-0.1, -0.05) is 11.6 Å². The summed E-state index contributed by atoms with van der Waals surface area (Å²) >= 11 is 6.17. The monoisotopic (exact) mass is 334 g/mol. The predicted molar refractivity (Wildman–Crippen MR) is 83.9 cm³/mol. The van der Waals surface area contributed by atoms with Crippen LogP contribution in [0.5, 0.6) is 11.5 Å². The molecule has 118 valence electrons. The number of hydrogen-bond donors (Lipinski definition) is 0. The summed E-state index contributed by atoms with van der Waals surface area (Å²) in [5.74, 6) is -0.256. The Morgan fingerprint density at radius 3 is 2.61 bits per heavy atom. The minimum Gasteiger partial charge on any atom is -0.497 e. The van der Waals surface area contributed by atoms with E-state index in [2.05, 4.69) is 5.10 Å². The molecule has 0 N–H and O–H groups in total. The van der Waals surface area contributed by atoms with E-state index in [-0.39, 0.29) is 11.1 Å². The maximum absolute atomic E-state index is 14.7. The zero-order valence-electron chi connectivity index (χ0n) is 12.3. The van der Waals surface area contributed by atoms with Crippen molar-refractivity contribution in [1.82, 2.24) is 9.78 Å². The molecule has 0 atom stereocenters. The quantitative estimate of drug-likeness (QED) is 0.540. The van der Waals surface area contributed by atoms with Gasteiger partial charge >= 0.3 is 5.97 Å². The van der Waals surface area contributed by atoms with E-state index >= 15 is 0 Å². The normalized spacial score (nSPS) is 10.8. The number of benzene rings is 2. The van der Waals surface area contributed by atoms with Crippen molar-refractivity contribution >= 4 is 28.5 Å². The van der Waals surface area contributed by atoms with Crippen LogP contribution in [-0.2, 0) is 4.79 Å². The van der Waals surface area contributed by atoms with Crippen molar-refractivity contribution in [3.63, 3.8) is 0 Å². The lowest BCUT2D eigenvalue weighted by atomic mass is 10.2. The van der Waals surface area contributed by atoms with Crippen LogP contribution in [0.25, 0.3) is 16.6 Å². The number of hydrogen-bond acceptors (Lipinski definition) is 4. The number of ether oxygens (including phenoxy) is 2. The van der Waals surface area contributed by atoms with Gasteiger partial charge in [-0.25, -0.2) is 4.68 Å². The molecule has 0 radical (unpaired) electrons. The largest absolute Gasteiger partial charge is 0.497 e. The van der Waals surface area contributed by atoms with Gasteiger partial charge in [-0.15, -0.1) is 0 Å². The van der Waals surface area contributed by atoms with E-state index in [0.29, 0.717) is 22.0 Å². The van der Waals surface area contributed by atoms with E-state index in [9.17, 15) is 9.18 Å². The fourth-order valence-corrected chi connectivity index (χ4v) is 2.46. The average Bonchev–Trinajstić information content (AvgIpc) is 2.83. The molecule has 0 amide bonds. The standard InChI is InChI=1S/C16H12ClFN2O3/c1-9(21)23-11-3-5-14-12(7-11)16(18)20(19-14)15-6-4-10(22-2)8-13(15)17/h3-8H,1-2H3. The number of rotatable bonds is 3. The second kappa shape index (κ2) is 5.89. The molecule has 0 bridgehead atoms. The van der Waals surface area contributed by atoms with Crippen LogP contribution >= 0.6 is 11.6 Å². The average molecular weight is 335 g/mol. The number of fused-ring (bicyclic) bond motifs is 1. The molecule has 0 unspecified atom stereocenters. The van der Waals surface area contributed by atoms with Crippen molar-refractivity contribution < 1.29 is 18.7 Å².